The standard InChI is InChI=1S/C28H57NO5P/c1-6-8-10-12-14-16-18-20-22-24-27(30)33-35(32,26-29(3,4)5)34-28(31)25-23-21-19-17-15-13-11-9-7-2/h6-26H2,1-5H3/q+1. The van der Waals surface area contributed by atoms with Gasteiger partial charge in [0.05, 0.1) is 21.1 Å². The van der Waals surface area contributed by atoms with Crippen LogP contribution in [0.1, 0.15) is 142 Å². The Balaban J connectivity index is 4.26. The van der Waals surface area contributed by atoms with Crippen LogP contribution < -0.4 is 0 Å². The number of carbonyl (C=O) groups excluding carboxylic acids is 2. The summed E-state index contributed by atoms with van der Waals surface area (Å²) in [7, 11) is 1.69. The Bertz CT molecular complexity index is 548. The van der Waals surface area contributed by atoms with Crippen LogP contribution in [0.15, 0.2) is 0 Å². The van der Waals surface area contributed by atoms with Crippen molar-refractivity contribution in [2.24, 2.45) is 0 Å². The largest absolute Gasteiger partial charge is 0.489 e. The highest BCUT2D eigenvalue weighted by molar-refractivity contribution is 7.54. The predicted molar refractivity (Wildman–Crippen MR) is 146 cm³/mol. The van der Waals surface area contributed by atoms with Crippen molar-refractivity contribution in [3.63, 3.8) is 0 Å². The maximum atomic E-state index is 13.3. The molecule has 0 bridgehead atoms. The molecule has 0 amide bonds. The first kappa shape index (κ1) is 34.1. The molecular formula is C28H57NO5P+. The zero-order valence-corrected chi connectivity index (χ0v) is 24.7. The summed E-state index contributed by atoms with van der Waals surface area (Å²) in [5.74, 6) is -1.05. The van der Waals surface area contributed by atoms with Crippen LogP contribution in [0.2, 0.25) is 0 Å². The van der Waals surface area contributed by atoms with Crippen molar-refractivity contribution >= 4 is 19.5 Å². The molecular weight excluding hydrogens is 461 g/mol. The summed E-state index contributed by atoms with van der Waals surface area (Å²) >= 11 is 0. The van der Waals surface area contributed by atoms with Gasteiger partial charge in [-0.2, -0.15) is 0 Å². The molecule has 0 radical (unpaired) electrons. The minimum Gasteiger partial charge on any atom is -0.379 e. The first-order valence-electron chi connectivity index (χ1n) is 14.5. The van der Waals surface area contributed by atoms with Crippen LogP contribution in [-0.2, 0) is 23.2 Å². The monoisotopic (exact) mass is 518 g/mol. The van der Waals surface area contributed by atoms with E-state index in [4.69, 9.17) is 9.05 Å². The van der Waals surface area contributed by atoms with Gasteiger partial charge in [0.15, 0.2) is 0 Å². The lowest BCUT2D eigenvalue weighted by atomic mass is 10.1. The fraction of sp³-hybridized carbons (Fsp3) is 0.929. The highest BCUT2D eigenvalue weighted by atomic mass is 31.2. The van der Waals surface area contributed by atoms with E-state index < -0.39 is 19.5 Å². The Morgan fingerprint density at radius 3 is 1.11 bits per heavy atom. The lowest BCUT2D eigenvalue weighted by Crippen LogP contribution is -2.36. The van der Waals surface area contributed by atoms with E-state index in [0.717, 1.165) is 25.7 Å². The molecule has 0 aliphatic carbocycles. The van der Waals surface area contributed by atoms with Gasteiger partial charge in [0.25, 0.3) is 0 Å². The maximum absolute atomic E-state index is 13.3. The molecule has 0 aromatic carbocycles. The first-order chi connectivity index (χ1) is 16.6. The van der Waals surface area contributed by atoms with Crippen molar-refractivity contribution < 1.29 is 27.7 Å². The first-order valence-corrected chi connectivity index (χ1v) is 16.2. The molecule has 7 heteroatoms. The normalized spacial score (nSPS) is 12.0. The smallest absolute Gasteiger partial charge is 0.379 e. The molecule has 0 aromatic rings. The van der Waals surface area contributed by atoms with Crippen LogP contribution >= 0.6 is 7.60 Å². The molecule has 0 rings (SSSR count). The van der Waals surface area contributed by atoms with Crippen molar-refractivity contribution in [2.45, 2.75) is 142 Å². The second-order valence-corrected chi connectivity index (χ2v) is 13.0. The molecule has 0 spiro atoms. The summed E-state index contributed by atoms with van der Waals surface area (Å²) in [6.45, 7) is 4.44. The molecule has 0 aliphatic rings. The Labute approximate surface area is 217 Å². The summed E-state index contributed by atoms with van der Waals surface area (Å²) in [4.78, 5) is 24.7. The van der Waals surface area contributed by atoms with Crippen LogP contribution in [0.4, 0.5) is 0 Å². The molecule has 6 nitrogen and oxygen atoms in total. The fourth-order valence-electron chi connectivity index (χ4n) is 4.16. The lowest BCUT2D eigenvalue weighted by Gasteiger charge is -2.27. The number of rotatable bonds is 24. The summed E-state index contributed by atoms with van der Waals surface area (Å²) in [6, 6.07) is 0. The van der Waals surface area contributed by atoms with E-state index in [-0.39, 0.29) is 23.6 Å². The van der Waals surface area contributed by atoms with Gasteiger partial charge in [-0.1, -0.05) is 117 Å². The third kappa shape index (κ3) is 23.3. The van der Waals surface area contributed by atoms with Crippen molar-refractivity contribution in [1.29, 1.82) is 0 Å². The Morgan fingerprint density at radius 2 is 0.829 bits per heavy atom. The second kappa shape index (κ2) is 21.2. The minimum absolute atomic E-state index is 0.0139. The zero-order valence-electron chi connectivity index (χ0n) is 23.8. The Hall–Kier alpha value is -0.870. The number of unbranched alkanes of at least 4 members (excludes halogenated alkanes) is 16. The van der Waals surface area contributed by atoms with Gasteiger partial charge in [-0.25, -0.2) is 4.57 Å². The third-order valence-corrected chi connectivity index (χ3v) is 8.21. The fourth-order valence-corrected chi connectivity index (χ4v) is 6.15. The van der Waals surface area contributed by atoms with Crippen LogP contribution in [0.5, 0.6) is 0 Å². The molecule has 0 unspecified atom stereocenters. The molecule has 35 heavy (non-hydrogen) atoms. The van der Waals surface area contributed by atoms with E-state index in [1.54, 1.807) is 0 Å². The minimum atomic E-state index is -3.83. The molecule has 0 atom stereocenters. The topological polar surface area (TPSA) is 69.7 Å². The Morgan fingerprint density at radius 1 is 0.543 bits per heavy atom. The summed E-state index contributed by atoms with van der Waals surface area (Å²) in [5.41, 5.74) is 0. The van der Waals surface area contributed by atoms with Gasteiger partial charge in [0.1, 0.15) is 0 Å². The van der Waals surface area contributed by atoms with Gasteiger partial charge in [-0.05, 0) is 12.8 Å². The quantitative estimate of drug-likeness (QED) is 0.0725. The van der Waals surface area contributed by atoms with Crippen LogP contribution in [0, 0.1) is 0 Å². The van der Waals surface area contributed by atoms with E-state index in [1.807, 2.05) is 21.1 Å². The average Bonchev–Trinajstić information content (AvgIpc) is 2.75. The maximum Gasteiger partial charge on any atom is 0.489 e. The lowest BCUT2D eigenvalue weighted by molar-refractivity contribution is -0.859. The summed E-state index contributed by atoms with van der Waals surface area (Å²) in [6.07, 6.45) is 21.2. The van der Waals surface area contributed by atoms with Gasteiger partial charge < -0.3 is 13.5 Å². The molecule has 0 aromatic heterocycles. The van der Waals surface area contributed by atoms with Gasteiger partial charge in [0, 0.05) is 12.8 Å². The highest BCUT2D eigenvalue weighted by Crippen LogP contribution is 2.50. The molecule has 0 N–H and O–H groups in total. The number of carbonyl (C=O) groups is 2. The van der Waals surface area contributed by atoms with Gasteiger partial charge in [-0.15, -0.1) is 0 Å². The zero-order chi connectivity index (χ0) is 26.4. The van der Waals surface area contributed by atoms with Crippen LogP contribution in [0.25, 0.3) is 0 Å². The van der Waals surface area contributed by atoms with Crippen LogP contribution in [-0.4, -0.2) is 43.9 Å². The van der Waals surface area contributed by atoms with E-state index in [2.05, 4.69) is 13.8 Å². The number of hydrogen-bond acceptors (Lipinski definition) is 5. The van der Waals surface area contributed by atoms with Crippen molar-refractivity contribution in [3.05, 3.63) is 0 Å². The number of hydrogen-bond donors (Lipinski definition) is 0. The van der Waals surface area contributed by atoms with Gasteiger partial charge >= 0.3 is 19.5 Å². The van der Waals surface area contributed by atoms with Gasteiger partial charge in [0.2, 0.25) is 6.29 Å². The van der Waals surface area contributed by atoms with E-state index in [1.165, 1.54) is 77.0 Å². The number of nitrogens with zero attached hydrogens (tertiary/aromatic N) is 1. The van der Waals surface area contributed by atoms with E-state index >= 15 is 0 Å². The molecule has 0 fully saturated rings. The second-order valence-electron chi connectivity index (χ2n) is 11.1. The molecule has 208 valence electrons. The van der Waals surface area contributed by atoms with Crippen molar-refractivity contribution in [2.75, 3.05) is 27.4 Å². The third-order valence-electron chi connectivity index (χ3n) is 6.05. The molecule has 0 heterocycles. The molecule has 0 saturated carbocycles. The predicted octanol–water partition coefficient (Wildman–Crippen LogP) is 8.77. The van der Waals surface area contributed by atoms with E-state index in [9.17, 15) is 14.2 Å². The van der Waals surface area contributed by atoms with Crippen molar-refractivity contribution in [3.8, 4) is 0 Å². The molecule has 0 aliphatic heterocycles. The van der Waals surface area contributed by atoms with Crippen molar-refractivity contribution in [1.82, 2.24) is 0 Å². The van der Waals surface area contributed by atoms with Gasteiger partial charge in [-0.3, -0.25) is 9.59 Å². The summed E-state index contributed by atoms with van der Waals surface area (Å²) < 4.78 is 24.2. The SMILES string of the molecule is CCCCCCCCCCCC(=O)OP(=O)(C[N+](C)(C)C)OC(=O)CCCCCCCCCCC. The average molecular weight is 519 g/mol. The number of quaternary nitrogens is 1. The summed E-state index contributed by atoms with van der Waals surface area (Å²) in [5, 5.41) is 0. The Kier molecular flexibility index (Phi) is 20.7. The van der Waals surface area contributed by atoms with E-state index in [0.29, 0.717) is 12.8 Å². The molecule has 0 saturated heterocycles. The van der Waals surface area contributed by atoms with Crippen LogP contribution in [0.3, 0.4) is 0 Å². The highest BCUT2D eigenvalue weighted by Gasteiger charge is 2.38.